The van der Waals surface area contributed by atoms with Crippen molar-refractivity contribution in [2.45, 2.75) is 45.4 Å². The predicted octanol–water partition coefficient (Wildman–Crippen LogP) is 4.38. The van der Waals surface area contributed by atoms with E-state index in [4.69, 9.17) is 0 Å². The predicted molar refractivity (Wildman–Crippen MR) is 114 cm³/mol. The van der Waals surface area contributed by atoms with E-state index >= 15 is 0 Å². The number of aromatic nitrogens is 1. The molecule has 0 radical (unpaired) electrons. The number of halogens is 1. The Labute approximate surface area is 174 Å². The summed E-state index contributed by atoms with van der Waals surface area (Å²) in [5, 5.41) is 2.85. The number of hydrogen-bond donors (Lipinski definition) is 2. The maximum absolute atomic E-state index is 13.2. The number of H-pyrrole nitrogens is 1. The van der Waals surface area contributed by atoms with Crippen LogP contribution in [0, 0.1) is 26.7 Å². The lowest BCUT2D eigenvalue weighted by atomic mass is 10.0. The summed E-state index contributed by atoms with van der Waals surface area (Å²) in [7, 11) is -3.63. The largest absolute Gasteiger partial charge is 0.353 e. The van der Waals surface area contributed by atoms with E-state index in [-0.39, 0.29) is 16.5 Å². The Hall–Kier alpha value is -1.64. The van der Waals surface area contributed by atoms with Crippen LogP contribution in [0.1, 0.15) is 47.1 Å². The van der Waals surface area contributed by atoms with Gasteiger partial charge in [0.05, 0.1) is 5.69 Å². The van der Waals surface area contributed by atoms with Gasteiger partial charge in [0.1, 0.15) is 10.6 Å². The molecular weight excluding hydrogens is 442 g/mol. The van der Waals surface area contributed by atoms with Gasteiger partial charge in [0.2, 0.25) is 10.0 Å². The van der Waals surface area contributed by atoms with Crippen molar-refractivity contribution in [3.05, 3.63) is 45.2 Å². The summed E-state index contributed by atoms with van der Waals surface area (Å²) in [6, 6.07) is 5.63. The summed E-state index contributed by atoms with van der Waals surface area (Å²) in [6.45, 7) is 8.53. The van der Waals surface area contributed by atoms with E-state index < -0.39 is 10.0 Å². The summed E-state index contributed by atoms with van der Waals surface area (Å²) in [5.41, 5.74) is 2.92. The fraction of sp³-hybridized carbons (Fsp3) is 0.450. The van der Waals surface area contributed by atoms with E-state index in [2.05, 4.69) is 33.2 Å². The van der Waals surface area contributed by atoms with Crippen molar-refractivity contribution in [3.63, 3.8) is 0 Å². The molecule has 1 aliphatic heterocycles. The van der Waals surface area contributed by atoms with E-state index in [9.17, 15) is 13.2 Å². The summed E-state index contributed by atoms with van der Waals surface area (Å²) in [6.07, 6.45) is 1.72. The van der Waals surface area contributed by atoms with Gasteiger partial charge in [-0.3, -0.25) is 4.79 Å². The molecule has 152 valence electrons. The number of hydrogen-bond acceptors (Lipinski definition) is 3. The molecule has 0 bridgehead atoms. The Bertz CT molecular complexity index is 1010. The molecule has 6 nitrogen and oxygen atoms in total. The van der Waals surface area contributed by atoms with Crippen LogP contribution in [-0.2, 0) is 10.0 Å². The molecule has 0 atom stereocenters. The second kappa shape index (κ2) is 8.00. The van der Waals surface area contributed by atoms with Gasteiger partial charge >= 0.3 is 0 Å². The molecular formula is C20H26BrN3O3S. The Morgan fingerprint density at radius 2 is 1.86 bits per heavy atom. The molecule has 1 aromatic heterocycles. The highest BCUT2D eigenvalue weighted by Gasteiger charge is 2.33. The van der Waals surface area contributed by atoms with Crippen molar-refractivity contribution in [1.29, 1.82) is 0 Å². The third-order valence-corrected chi connectivity index (χ3v) is 8.14. The third-order valence-electron chi connectivity index (χ3n) is 5.31. The number of anilines is 1. The van der Waals surface area contributed by atoms with Gasteiger partial charge in [-0.25, -0.2) is 8.42 Å². The maximum atomic E-state index is 13.2. The Morgan fingerprint density at radius 1 is 1.21 bits per heavy atom. The minimum absolute atomic E-state index is 0.218. The van der Waals surface area contributed by atoms with Gasteiger partial charge in [-0.05, 0) is 78.7 Å². The summed E-state index contributed by atoms with van der Waals surface area (Å²) < 4.78 is 28.7. The number of piperidine rings is 1. The molecule has 3 rings (SSSR count). The zero-order valence-electron chi connectivity index (χ0n) is 16.6. The van der Waals surface area contributed by atoms with Crippen LogP contribution < -0.4 is 5.32 Å². The molecule has 1 aromatic carbocycles. The molecule has 1 saturated heterocycles. The van der Waals surface area contributed by atoms with Crippen molar-refractivity contribution in [3.8, 4) is 0 Å². The summed E-state index contributed by atoms with van der Waals surface area (Å²) in [5.74, 6) is 0.174. The van der Waals surface area contributed by atoms with Crippen LogP contribution in [-0.4, -0.2) is 36.7 Å². The lowest BCUT2D eigenvalue weighted by molar-refractivity contribution is 0.102. The zero-order valence-corrected chi connectivity index (χ0v) is 19.0. The van der Waals surface area contributed by atoms with Crippen molar-refractivity contribution in [1.82, 2.24) is 9.29 Å². The molecule has 8 heteroatoms. The second-order valence-electron chi connectivity index (χ2n) is 7.60. The van der Waals surface area contributed by atoms with Crippen LogP contribution in [0.4, 0.5) is 5.69 Å². The number of nitrogens with one attached hydrogen (secondary N) is 2. The number of nitrogens with zero attached hydrogens (tertiary/aromatic N) is 1. The van der Waals surface area contributed by atoms with Crippen LogP contribution in [0.2, 0.25) is 0 Å². The molecule has 0 unspecified atom stereocenters. The average molecular weight is 468 g/mol. The number of aromatic amines is 1. The van der Waals surface area contributed by atoms with Crippen LogP contribution in [0.3, 0.4) is 0 Å². The van der Waals surface area contributed by atoms with Gasteiger partial charge in [-0.1, -0.05) is 13.0 Å². The molecule has 2 N–H and O–H groups in total. The maximum Gasteiger partial charge on any atom is 0.272 e. The highest BCUT2D eigenvalue weighted by atomic mass is 79.9. The Balaban J connectivity index is 1.90. The number of rotatable bonds is 4. The van der Waals surface area contributed by atoms with Gasteiger partial charge in [0.25, 0.3) is 5.91 Å². The van der Waals surface area contributed by atoms with Crippen LogP contribution in [0.25, 0.3) is 0 Å². The van der Waals surface area contributed by atoms with Gasteiger partial charge in [0.15, 0.2) is 0 Å². The van der Waals surface area contributed by atoms with Gasteiger partial charge in [-0.15, -0.1) is 0 Å². The molecule has 0 aliphatic carbocycles. The second-order valence-corrected chi connectivity index (χ2v) is 10.3. The number of amides is 1. The molecule has 2 heterocycles. The molecule has 1 aliphatic rings. The lowest BCUT2D eigenvalue weighted by Crippen LogP contribution is -2.38. The van der Waals surface area contributed by atoms with Crippen LogP contribution >= 0.6 is 15.9 Å². The van der Waals surface area contributed by atoms with E-state index in [0.717, 1.165) is 22.9 Å². The van der Waals surface area contributed by atoms with Crippen LogP contribution in [0.15, 0.2) is 27.6 Å². The number of carbonyl (C=O) groups is 1. The first-order valence-electron chi connectivity index (χ1n) is 9.38. The smallest absolute Gasteiger partial charge is 0.272 e. The minimum Gasteiger partial charge on any atom is -0.353 e. The Kier molecular flexibility index (Phi) is 6.03. The summed E-state index contributed by atoms with van der Waals surface area (Å²) >= 11 is 3.45. The van der Waals surface area contributed by atoms with Crippen molar-refractivity contribution < 1.29 is 13.2 Å². The zero-order chi connectivity index (χ0) is 20.6. The summed E-state index contributed by atoms with van der Waals surface area (Å²) in [4.78, 5) is 16.0. The van der Waals surface area contributed by atoms with Crippen molar-refractivity contribution in [2.75, 3.05) is 18.4 Å². The Morgan fingerprint density at radius 3 is 2.46 bits per heavy atom. The molecule has 1 fully saturated rings. The number of benzene rings is 1. The molecule has 0 saturated carbocycles. The van der Waals surface area contributed by atoms with E-state index in [1.165, 1.54) is 4.31 Å². The lowest BCUT2D eigenvalue weighted by Gasteiger charge is -2.29. The molecule has 0 spiro atoms. The number of carbonyl (C=O) groups excluding carboxylic acids is 1. The first kappa shape index (κ1) is 21.1. The third kappa shape index (κ3) is 4.04. The highest BCUT2D eigenvalue weighted by Crippen LogP contribution is 2.30. The average Bonchev–Trinajstić information content (AvgIpc) is 2.93. The van der Waals surface area contributed by atoms with Crippen LogP contribution in [0.5, 0.6) is 0 Å². The van der Waals surface area contributed by atoms with E-state index in [1.807, 2.05) is 25.1 Å². The number of aryl methyl sites for hydroxylation is 2. The van der Waals surface area contributed by atoms with Crippen molar-refractivity contribution >= 4 is 37.5 Å². The molecule has 2 aromatic rings. The highest BCUT2D eigenvalue weighted by molar-refractivity contribution is 9.10. The molecule has 28 heavy (non-hydrogen) atoms. The monoisotopic (exact) mass is 467 g/mol. The van der Waals surface area contributed by atoms with Gasteiger partial charge in [-0.2, -0.15) is 4.31 Å². The fourth-order valence-electron chi connectivity index (χ4n) is 3.61. The van der Waals surface area contributed by atoms with E-state index in [0.29, 0.717) is 36.0 Å². The van der Waals surface area contributed by atoms with Crippen molar-refractivity contribution in [2.24, 2.45) is 5.92 Å². The van der Waals surface area contributed by atoms with Gasteiger partial charge < -0.3 is 10.3 Å². The van der Waals surface area contributed by atoms with Gasteiger partial charge in [0, 0.05) is 23.3 Å². The minimum atomic E-state index is -3.63. The SMILES string of the molecule is Cc1ccc(NC(=O)c2[nH]c(C)c(S(=O)(=O)N3CCC(C)CC3)c2C)c(Br)c1. The quantitative estimate of drug-likeness (QED) is 0.699. The normalized spacial score (nSPS) is 16.3. The van der Waals surface area contributed by atoms with E-state index in [1.54, 1.807) is 13.8 Å². The standard InChI is InChI=1S/C20H26BrN3O3S/c1-12-7-9-24(10-8-12)28(26,27)19-14(3)18(22-15(19)4)20(25)23-17-6-5-13(2)11-16(17)21/h5-6,11-12,22H,7-10H2,1-4H3,(H,23,25). The fourth-order valence-corrected chi connectivity index (χ4v) is 6.08. The topological polar surface area (TPSA) is 82.3 Å². The molecule has 1 amide bonds. The number of sulfonamides is 1. The first-order chi connectivity index (χ1) is 13.1. The first-order valence-corrected chi connectivity index (χ1v) is 11.6.